The molecule has 0 amide bonds. The predicted octanol–water partition coefficient (Wildman–Crippen LogP) is 4.57. The Kier molecular flexibility index (Phi) is 3.60. The number of fused-ring (bicyclic) bond motifs is 3. The molecule has 1 aromatic heterocycles. The molecule has 4 rings (SSSR count). The maximum Gasteiger partial charge on any atom is 0.336 e. The van der Waals surface area contributed by atoms with Crippen molar-refractivity contribution in [2.75, 3.05) is 0 Å². The first kappa shape index (κ1) is 16.4. The average molecular weight is 377 g/mol. The molecule has 3 aromatic rings. The second kappa shape index (κ2) is 5.48. The molecule has 1 saturated carbocycles. The van der Waals surface area contributed by atoms with Crippen LogP contribution in [0.15, 0.2) is 51.7 Å². The van der Waals surface area contributed by atoms with Crippen molar-refractivity contribution in [3.05, 3.63) is 58.4 Å². The van der Waals surface area contributed by atoms with Gasteiger partial charge in [-0.2, -0.15) is 0 Å². The van der Waals surface area contributed by atoms with E-state index in [4.69, 9.17) is 32.4 Å². The Morgan fingerprint density at radius 3 is 2.68 bits per heavy atom. The second-order valence-electron chi connectivity index (χ2n) is 6.54. The highest BCUT2D eigenvalue weighted by atomic mass is 35.5. The molecule has 0 spiro atoms. The van der Waals surface area contributed by atoms with Gasteiger partial charge in [0.15, 0.2) is 0 Å². The largest absolute Gasteiger partial charge is 0.460 e. The zero-order valence-corrected chi connectivity index (χ0v) is 14.9. The van der Waals surface area contributed by atoms with Gasteiger partial charge in [0.05, 0.1) is 0 Å². The van der Waals surface area contributed by atoms with Gasteiger partial charge in [-0.05, 0) is 23.8 Å². The molecule has 4 nitrogen and oxygen atoms in total. The smallest absolute Gasteiger partial charge is 0.336 e. The summed E-state index contributed by atoms with van der Waals surface area (Å²) < 4.78 is 9.62. The van der Waals surface area contributed by atoms with Crippen molar-refractivity contribution in [1.29, 1.82) is 0 Å². The molecule has 128 valence electrons. The van der Waals surface area contributed by atoms with Gasteiger partial charge in [0, 0.05) is 23.4 Å². The van der Waals surface area contributed by atoms with Gasteiger partial charge in [-0.3, -0.25) is 4.79 Å². The fourth-order valence-corrected chi connectivity index (χ4v) is 3.75. The van der Waals surface area contributed by atoms with Gasteiger partial charge in [0.1, 0.15) is 21.9 Å². The average Bonchev–Trinajstić information content (AvgIpc) is 3.11. The summed E-state index contributed by atoms with van der Waals surface area (Å²) in [5, 5.41) is 2.69. The molecule has 25 heavy (non-hydrogen) atoms. The van der Waals surface area contributed by atoms with Crippen LogP contribution in [0.2, 0.25) is 0 Å². The van der Waals surface area contributed by atoms with E-state index >= 15 is 0 Å². The van der Waals surface area contributed by atoms with Crippen LogP contribution in [-0.4, -0.2) is 10.3 Å². The van der Waals surface area contributed by atoms with Crippen molar-refractivity contribution in [3.63, 3.8) is 0 Å². The minimum absolute atomic E-state index is 0.0472. The lowest BCUT2D eigenvalue weighted by atomic mass is 10.0. The van der Waals surface area contributed by atoms with Gasteiger partial charge in [0.25, 0.3) is 0 Å². The monoisotopic (exact) mass is 376 g/mol. The van der Waals surface area contributed by atoms with Crippen LogP contribution >= 0.6 is 23.2 Å². The molecular formula is C19H14Cl2O4. The van der Waals surface area contributed by atoms with Gasteiger partial charge < -0.3 is 9.15 Å². The highest BCUT2D eigenvalue weighted by Crippen LogP contribution is 2.64. The summed E-state index contributed by atoms with van der Waals surface area (Å²) in [7, 11) is 0. The third-order valence-electron chi connectivity index (χ3n) is 4.78. The van der Waals surface area contributed by atoms with E-state index in [0.717, 1.165) is 16.2 Å². The van der Waals surface area contributed by atoms with Crippen LogP contribution in [0.5, 0.6) is 0 Å². The number of hydrogen-bond acceptors (Lipinski definition) is 4. The SMILES string of the molecule is C[C@]1(C(=O)OCc2cc(=O)oc3ccc4ccccc4c23)CC1(Cl)Cl. The Labute approximate surface area is 153 Å². The summed E-state index contributed by atoms with van der Waals surface area (Å²) in [4.78, 5) is 24.2. The topological polar surface area (TPSA) is 56.5 Å². The second-order valence-corrected chi connectivity index (χ2v) is 8.02. The van der Waals surface area contributed by atoms with Gasteiger partial charge in [-0.15, -0.1) is 23.2 Å². The van der Waals surface area contributed by atoms with Gasteiger partial charge in [-0.1, -0.05) is 30.3 Å². The first-order valence-corrected chi connectivity index (χ1v) is 8.57. The van der Waals surface area contributed by atoms with Gasteiger partial charge in [0.2, 0.25) is 0 Å². The fourth-order valence-electron chi connectivity index (χ4n) is 3.06. The van der Waals surface area contributed by atoms with Crippen molar-refractivity contribution >= 4 is 50.9 Å². The zero-order chi connectivity index (χ0) is 17.8. The molecule has 1 aliphatic rings. The van der Waals surface area contributed by atoms with Crippen LogP contribution in [0.25, 0.3) is 21.7 Å². The van der Waals surface area contributed by atoms with Crippen molar-refractivity contribution in [2.45, 2.75) is 24.3 Å². The highest BCUT2D eigenvalue weighted by molar-refractivity contribution is 6.53. The minimum Gasteiger partial charge on any atom is -0.460 e. The minimum atomic E-state index is -1.09. The van der Waals surface area contributed by atoms with Crippen LogP contribution in [0.3, 0.4) is 0 Å². The van der Waals surface area contributed by atoms with Gasteiger partial charge in [-0.25, -0.2) is 4.79 Å². The van der Waals surface area contributed by atoms with Crippen molar-refractivity contribution in [2.24, 2.45) is 5.41 Å². The molecule has 0 radical (unpaired) electrons. The quantitative estimate of drug-likeness (QED) is 0.290. The molecule has 0 N–H and O–H groups in total. The summed E-state index contributed by atoms with van der Waals surface area (Å²) in [5.74, 6) is -0.473. The van der Waals surface area contributed by atoms with Crippen LogP contribution < -0.4 is 5.63 Å². The Bertz CT molecular complexity index is 1070. The fraction of sp³-hybridized carbons (Fsp3) is 0.263. The highest BCUT2D eigenvalue weighted by Gasteiger charge is 2.69. The van der Waals surface area contributed by atoms with Crippen molar-refractivity contribution < 1.29 is 13.9 Å². The van der Waals surface area contributed by atoms with E-state index in [1.54, 1.807) is 13.0 Å². The van der Waals surface area contributed by atoms with Crippen LogP contribution in [0, 0.1) is 5.41 Å². The summed E-state index contributed by atoms with van der Waals surface area (Å²) in [6, 6.07) is 12.7. The Hall–Kier alpha value is -2.04. The number of carbonyl (C=O) groups is 1. The first-order valence-electron chi connectivity index (χ1n) is 7.81. The molecular weight excluding hydrogens is 363 g/mol. The van der Waals surface area contributed by atoms with Crippen molar-refractivity contribution in [3.8, 4) is 0 Å². The number of hydrogen-bond donors (Lipinski definition) is 0. The summed E-state index contributed by atoms with van der Waals surface area (Å²) >= 11 is 12.0. The summed E-state index contributed by atoms with van der Waals surface area (Å²) in [6.07, 6.45) is 0.350. The van der Waals surface area contributed by atoms with Crippen LogP contribution in [0.1, 0.15) is 18.9 Å². The maximum atomic E-state index is 12.3. The molecule has 1 heterocycles. The molecule has 0 saturated heterocycles. The first-order chi connectivity index (χ1) is 11.8. The molecule has 1 fully saturated rings. The van der Waals surface area contributed by atoms with E-state index in [2.05, 4.69) is 0 Å². The summed E-state index contributed by atoms with van der Waals surface area (Å²) in [6.45, 7) is 1.62. The standard InChI is InChI=1S/C19H14Cl2O4/c1-18(10-19(18,20)21)17(23)24-9-12-8-15(22)25-14-7-6-11-4-2-3-5-13(11)16(12)14/h2-8H,9-10H2,1H3/t18-/m1/s1. The number of esters is 1. The molecule has 0 aliphatic heterocycles. The van der Waals surface area contributed by atoms with E-state index in [1.165, 1.54) is 6.07 Å². The van der Waals surface area contributed by atoms with E-state index < -0.39 is 21.3 Å². The van der Waals surface area contributed by atoms with Crippen LogP contribution in [0.4, 0.5) is 0 Å². The number of halogens is 2. The third kappa shape index (κ3) is 2.60. The molecule has 1 aliphatic carbocycles. The molecule has 1 atom stereocenters. The predicted molar refractivity (Wildman–Crippen MR) is 96.9 cm³/mol. The Balaban J connectivity index is 1.75. The van der Waals surface area contributed by atoms with Crippen molar-refractivity contribution in [1.82, 2.24) is 0 Å². The zero-order valence-electron chi connectivity index (χ0n) is 13.3. The Morgan fingerprint density at radius 2 is 1.96 bits per heavy atom. The lowest BCUT2D eigenvalue weighted by Gasteiger charge is -2.13. The molecule has 6 heteroatoms. The summed E-state index contributed by atoms with van der Waals surface area (Å²) in [5.41, 5.74) is -0.349. The van der Waals surface area contributed by atoms with Gasteiger partial charge >= 0.3 is 11.6 Å². The number of rotatable bonds is 3. The number of benzene rings is 2. The lowest BCUT2D eigenvalue weighted by molar-refractivity contribution is -0.150. The molecule has 2 aromatic carbocycles. The number of alkyl halides is 2. The normalized spacial score (nSPS) is 21.4. The number of carbonyl (C=O) groups excluding carboxylic acids is 1. The van der Waals surface area contributed by atoms with E-state index in [1.807, 2.05) is 30.3 Å². The Morgan fingerprint density at radius 1 is 1.24 bits per heavy atom. The lowest BCUT2D eigenvalue weighted by Crippen LogP contribution is -2.21. The van der Waals surface area contributed by atoms with Crippen LogP contribution in [-0.2, 0) is 16.1 Å². The van der Waals surface area contributed by atoms with E-state index in [9.17, 15) is 9.59 Å². The maximum absolute atomic E-state index is 12.3. The molecule has 0 unspecified atom stereocenters. The third-order valence-corrected chi connectivity index (χ3v) is 5.88. The van der Waals surface area contributed by atoms with E-state index in [0.29, 0.717) is 17.6 Å². The molecule has 0 bridgehead atoms. The van der Waals surface area contributed by atoms with E-state index in [-0.39, 0.29) is 6.61 Å². The number of ether oxygens (including phenoxy) is 1.